The van der Waals surface area contributed by atoms with Crippen LogP contribution in [0.15, 0.2) is 109 Å². The van der Waals surface area contributed by atoms with Gasteiger partial charge in [0.25, 0.3) is 0 Å². The van der Waals surface area contributed by atoms with Gasteiger partial charge in [0.1, 0.15) is 0 Å². The van der Waals surface area contributed by atoms with Gasteiger partial charge in [0.15, 0.2) is 11.6 Å². The molecule has 0 saturated carbocycles. The summed E-state index contributed by atoms with van der Waals surface area (Å²) in [5, 5.41) is 0. The predicted octanol–water partition coefficient (Wildman–Crippen LogP) is 6.60. The molecule has 0 N–H and O–H groups in total. The van der Waals surface area contributed by atoms with Crippen molar-refractivity contribution in [3.05, 3.63) is 109 Å². The Balaban J connectivity index is 5.05. The quantitative estimate of drug-likeness (QED) is 0.324. The van der Waals surface area contributed by atoms with Gasteiger partial charge >= 0.3 is 0 Å². The van der Waals surface area contributed by atoms with Crippen molar-refractivity contribution in [2.24, 2.45) is 0 Å². The van der Waals surface area contributed by atoms with Crippen LogP contribution < -0.4 is 0 Å². The number of allylic oxidation sites excluding steroid dienone is 11. The van der Waals surface area contributed by atoms with Crippen LogP contribution in [0.1, 0.15) is 13.8 Å². The molecular weight excluding hydrogens is 306 g/mol. The van der Waals surface area contributed by atoms with Gasteiger partial charge in [-0.2, -0.15) is 4.39 Å². The second-order valence-corrected chi connectivity index (χ2v) is 5.05. The maximum atomic E-state index is 14.0. The van der Waals surface area contributed by atoms with Crippen molar-refractivity contribution in [1.82, 2.24) is 0 Å². The summed E-state index contributed by atoms with van der Waals surface area (Å²) in [5.41, 5.74) is 2.15. The van der Waals surface area contributed by atoms with E-state index in [1.165, 1.54) is 6.08 Å². The van der Waals surface area contributed by atoms with Crippen molar-refractivity contribution < 1.29 is 13.5 Å². The van der Waals surface area contributed by atoms with Gasteiger partial charge in [-0.05, 0) is 30.6 Å². The molecule has 0 fully saturated rings. The third kappa shape index (κ3) is 7.05. The lowest BCUT2D eigenvalue weighted by Gasteiger charge is -2.08. The minimum absolute atomic E-state index is 0.187. The van der Waals surface area contributed by atoms with E-state index in [-0.39, 0.29) is 23.5 Å². The molecule has 0 aliphatic heterocycles. The number of rotatable bonds is 10. The third-order valence-corrected chi connectivity index (χ3v) is 2.88. The first-order chi connectivity index (χ1) is 11.1. The van der Waals surface area contributed by atoms with Crippen LogP contribution in [0.4, 0.5) is 8.78 Å². The molecule has 0 aliphatic rings. The number of ether oxygens (including phenoxy) is 1. The van der Waals surface area contributed by atoms with Crippen molar-refractivity contribution >= 4 is 0 Å². The maximum Gasteiger partial charge on any atom is 0.200 e. The van der Waals surface area contributed by atoms with Crippen molar-refractivity contribution in [2.75, 3.05) is 6.61 Å². The van der Waals surface area contributed by atoms with Gasteiger partial charge in [-0.3, -0.25) is 0 Å². The molecular formula is C21H24F2O. The summed E-state index contributed by atoms with van der Waals surface area (Å²) in [6, 6.07) is 0. The lowest BCUT2D eigenvalue weighted by molar-refractivity contribution is 0.224. The van der Waals surface area contributed by atoms with Crippen LogP contribution in [-0.4, -0.2) is 6.61 Å². The van der Waals surface area contributed by atoms with Crippen molar-refractivity contribution in [3.8, 4) is 0 Å². The first-order valence-electron chi connectivity index (χ1n) is 7.27. The van der Waals surface area contributed by atoms with E-state index in [1.54, 1.807) is 25.2 Å². The zero-order valence-corrected chi connectivity index (χ0v) is 14.4. The first kappa shape index (κ1) is 21.3. The van der Waals surface area contributed by atoms with Gasteiger partial charge in [0.2, 0.25) is 5.83 Å². The Hall–Kier alpha value is -2.68. The SMILES string of the molecule is C=C(C)/C=C\C(=C)C(=C)/C=C\C(=C)C(=C)/C(F)=C(/F)C(=C)OCC. The van der Waals surface area contributed by atoms with Gasteiger partial charge < -0.3 is 4.74 Å². The van der Waals surface area contributed by atoms with E-state index in [2.05, 4.69) is 39.5 Å². The fraction of sp³-hybridized carbons (Fsp3) is 0.143. The monoisotopic (exact) mass is 330 g/mol. The summed E-state index contributed by atoms with van der Waals surface area (Å²) in [5.74, 6) is -2.73. The molecule has 0 rings (SSSR count). The highest BCUT2D eigenvalue weighted by Crippen LogP contribution is 2.27. The summed E-state index contributed by atoms with van der Waals surface area (Å²) in [6.45, 7) is 25.6. The van der Waals surface area contributed by atoms with Gasteiger partial charge in [-0.1, -0.05) is 69.4 Å². The lowest BCUT2D eigenvalue weighted by Crippen LogP contribution is -1.95. The van der Waals surface area contributed by atoms with Crippen molar-refractivity contribution in [2.45, 2.75) is 13.8 Å². The summed E-state index contributed by atoms with van der Waals surface area (Å²) in [6.07, 6.45) is 6.65. The summed E-state index contributed by atoms with van der Waals surface area (Å²) in [4.78, 5) is 0. The molecule has 0 heterocycles. The fourth-order valence-corrected chi connectivity index (χ4v) is 1.39. The molecule has 0 aromatic heterocycles. The van der Waals surface area contributed by atoms with Gasteiger partial charge in [0.05, 0.1) is 6.61 Å². The summed E-state index contributed by atoms with van der Waals surface area (Å²) < 4.78 is 32.6. The Morgan fingerprint density at radius 2 is 1.25 bits per heavy atom. The van der Waals surface area contributed by atoms with E-state index in [0.717, 1.165) is 5.57 Å². The number of hydrogen-bond donors (Lipinski definition) is 0. The topological polar surface area (TPSA) is 9.23 Å². The van der Waals surface area contributed by atoms with Crippen LogP contribution in [0.3, 0.4) is 0 Å². The molecule has 0 amide bonds. The van der Waals surface area contributed by atoms with E-state index < -0.39 is 11.7 Å². The molecule has 0 unspecified atom stereocenters. The predicted molar refractivity (Wildman–Crippen MR) is 99.7 cm³/mol. The molecule has 0 aromatic carbocycles. The van der Waals surface area contributed by atoms with Crippen LogP contribution in [-0.2, 0) is 4.74 Å². The Bertz CT molecular complexity index is 670. The van der Waals surface area contributed by atoms with Gasteiger partial charge in [0, 0.05) is 5.57 Å². The summed E-state index contributed by atoms with van der Waals surface area (Å²) >= 11 is 0. The standard InChI is InChI=1S/C21H24F2O/c1-9-24-19(8)21(23)20(22)18(7)17(6)13-12-16(5)15(4)11-10-14(2)3/h10-13H,2,4-9H2,1,3H3/b11-10-,13-12-,21-20-. The van der Waals surface area contributed by atoms with Gasteiger partial charge in [-0.25, -0.2) is 4.39 Å². The van der Waals surface area contributed by atoms with E-state index >= 15 is 0 Å². The summed E-state index contributed by atoms with van der Waals surface area (Å²) in [7, 11) is 0. The lowest BCUT2D eigenvalue weighted by atomic mass is 10.0. The molecule has 0 spiro atoms. The highest BCUT2D eigenvalue weighted by atomic mass is 19.2. The zero-order valence-electron chi connectivity index (χ0n) is 14.4. The smallest absolute Gasteiger partial charge is 0.200 e. The van der Waals surface area contributed by atoms with Crippen LogP contribution in [0.2, 0.25) is 0 Å². The molecule has 0 aromatic rings. The van der Waals surface area contributed by atoms with Crippen LogP contribution in [0, 0.1) is 0 Å². The molecule has 3 heteroatoms. The van der Waals surface area contributed by atoms with Gasteiger partial charge in [-0.15, -0.1) is 0 Å². The Morgan fingerprint density at radius 3 is 1.71 bits per heavy atom. The molecule has 0 atom stereocenters. The Morgan fingerprint density at radius 1 is 0.792 bits per heavy atom. The van der Waals surface area contributed by atoms with E-state index in [9.17, 15) is 8.78 Å². The number of halogens is 2. The second-order valence-electron chi connectivity index (χ2n) is 5.05. The molecule has 24 heavy (non-hydrogen) atoms. The minimum atomic E-state index is -1.19. The normalized spacial score (nSPS) is 12.0. The highest BCUT2D eigenvalue weighted by Gasteiger charge is 2.15. The zero-order chi connectivity index (χ0) is 18.9. The molecule has 1 nitrogen and oxygen atoms in total. The van der Waals surface area contributed by atoms with Crippen LogP contribution in [0.5, 0.6) is 0 Å². The molecule has 0 aliphatic carbocycles. The largest absolute Gasteiger partial charge is 0.491 e. The van der Waals surface area contributed by atoms with Crippen LogP contribution >= 0.6 is 0 Å². The highest BCUT2D eigenvalue weighted by molar-refractivity contribution is 5.52. The molecule has 0 saturated heterocycles. The maximum absolute atomic E-state index is 14.0. The average Bonchev–Trinajstić information content (AvgIpc) is 2.54. The van der Waals surface area contributed by atoms with Crippen LogP contribution in [0.25, 0.3) is 0 Å². The molecule has 0 bridgehead atoms. The van der Waals surface area contributed by atoms with Crippen molar-refractivity contribution in [1.29, 1.82) is 0 Å². The third-order valence-electron chi connectivity index (χ3n) is 2.88. The Labute approximate surface area is 143 Å². The Kier molecular flexibility index (Phi) is 9.03. The number of hydrogen-bond acceptors (Lipinski definition) is 1. The molecule has 0 radical (unpaired) electrons. The molecule has 128 valence electrons. The average molecular weight is 330 g/mol. The van der Waals surface area contributed by atoms with Crippen molar-refractivity contribution in [3.63, 3.8) is 0 Å². The fourth-order valence-electron chi connectivity index (χ4n) is 1.39. The van der Waals surface area contributed by atoms with E-state index in [0.29, 0.717) is 11.1 Å². The van der Waals surface area contributed by atoms with E-state index in [1.807, 2.05) is 6.92 Å². The first-order valence-corrected chi connectivity index (χ1v) is 7.27. The van der Waals surface area contributed by atoms with E-state index in [4.69, 9.17) is 4.74 Å². The second kappa shape index (κ2) is 10.2. The minimum Gasteiger partial charge on any atom is -0.491 e.